The molecule has 2 aliphatic rings. The normalized spacial score (nSPS) is 16.7. The monoisotopic (exact) mass is 451 g/mol. The highest BCUT2D eigenvalue weighted by Gasteiger charge is 2.32. The Balaban J connectivity index is 1.28. The van der Waals surface area contributed by atoms with Gasteiger partial charge in [0.25, 0.3) is 5.91 Å². The van der Waals surface area contributed by atoms with E-state index in [0.29, 0.717) is 44.1 Å². The van der Waals surface area contributed by atoms with Gasteiger partial charge in [-0.15, -0.1) is 11.3 Å². The van der Waals surface area contributed by atoms with Crippen molar-refractivity contribution in [1.82, 2.24) is 24.5 Å². The molecule has 0 aliphatic carbocycles. The molecule has 0 atom stereocenters. The molecule has 9 heteroatoms. The number of thiophene rings is 1. The molecule has 3 amide bonds. The second kappa shape index (κ2) is 8.38. The second-order valence-electron chi connectivity index (χ2n) is 8.25. The van der Waals surface area contributed by atoms with Crippen LogP contribution in [0.5, 0.6) is 0 Å². The lowest BCUT2D eigenvalue weighted by molar-refractivity contribution is -0.152. The summed E-state index contributed by atoms with van der Waals surface area (Å²) in [5, 5.41) is 5.61. The van der Waals surface area contributed by atoms with Crippen molar-refractivity contribution in [1.29, 1.82) is 0 Å². The van der Waals surface area contributed by atoms with Gasteiger partial charge in [-0.1, -0.05) is 18.2 Å². The summed E-state index contributed by atoms with van der Waals surface area (Å²) in [6.07, 6.45) is 1.91. The molecule has 0 saturated carbocycles. The highest BCUT2D eigenvalue weighted by molar-refractivity contribution is 7.20. The largest absolute Gasteiger partial charge is 0.334 e. The predicted molar refractivity (Wildman–Crippen MR) is 122 cm³/mol. The summed E-state index contributed by atoms with van der Waals surface area (Å²) < 4.78 is 1.88. The van der Waals surface area contributed by atoms with Crippen molar-refractivity contribution in [2.75, 3.05) is 39.3 Å². The van der Waals surface area contributed by atoms with E-state index in [9.17, 15) is 14.4 Å². The standard InChI is InChI=1S/C23H25N5O3S/c1-16-18-15-19(32-23(18)28(24-16)17-7-3-2-4-8-17)20(29)26-11-13-27(14-12-26)22(31)21(30)25-9-5-6-10-25/h2-4,7-8,15H,5-6,9-14H2,1H3. The Hall–Kier alpha value is -3.20. The number of carbonyl (C=O) groups excluding carboxylic acids is 3. The SMILES string of the molecule is Cc1nn(-c2ccccc2)c2sc(C(=O)N3CCN(C(=O)C(=O)N4CCCC4)CC3)cc12. The number of amides is 3. The third-order valence-electron chi connectivity index (χ3n) is 6.19. The minimum absolute atomic E-state index is 0.0387. The van der Waals surface area contributed by atoms with Crippen molar-refractivity contribution in [2.45, 2.75) is 19.8 Å². The van der Waals surface area contributed by atoms with Crippen LogP contribution < -0.4 is 0 Å². The Morgan fingerprint density at radius 2 is 1.44 bits per heavy atom. The van der Waals surface area contributed by atoms with E-state index in [1.54, 1.807) is 14.7 Å². The number of nitrogens with zero attached hydrogens (tertiary/aromatic N) is 5. The topological polar surface area (TPSA) is 78.8 Å². The Morgan fingerprint density at radius 1 is 0.844 bits per heavy atom. The van der Waals surface area contributed by atoms with Crippen molar-refractivity contribution >= 4 is 39.3 Å². The van der Waals surface area contributed by atoms with E-state index in [1.807, 2.05) is 48.0 Å². The molecule has 5 rings (SSSR count). The lowest BCUT2D eigenvalue weighted by Crippen LogP contribution is -2.54. The van der Waals surface area contributed by atoms with Gasteiger partial charge in [-0.2, -0.15) is 5.10 Å². The van der Waals surface area contributed by atoms with Gasteiger partial charge in [0.05, 0.1) is 16.3 Å². The van der Waals surface area contributed by atoms with E-state index in [1.165, 1.54) is 11.3 Å². The number of para-hydroxylation sites is 1. The summed E-state index contributed by atoms with van der Waals surface area (Å²) in [5.41, 5.74) is 1.84. The zero-order valence-corrected chi connectivity index (χ0v) is 18.8. The molecule has 8 nitrogen and oxygen atoms in total. The van der Waals surface area contributed by atoms with Gasteiger partial charge in [0.15, 0.2) is 0 Å². The second-order valence-corrected chi connectivity index (χ2v) is 9.28. The number of benzene rings is 1. The van der Waals surface area contributed by atoms with Gasteiger partial charge >= 0.3 is 11.8 Å². The van der Waals surface area contributed by atoms with Gasteiger partial charge in [0, 0.05) is 44.7 Å². The molecule has 0 spiro atoms. The van der Waals surface area contributed by atoms with Crippen molar-refractivity contribution in [3.8, 4) is 5.69 Å². The summed E-state index contributed by atoms with van der Waals surface area (Å²) in [7, 11) is 0. The number of piperazine rings is 1. The van der Waals surface area contributed by atoms with E-state index in [-0.39, 0.29) is 5.91 Å². The lowest BCUT2D eigenvalue weighted by Gasteiger charge is -2.34. The van der Waals surface area contributed by atoms with Gasteiger partial charge in [0.2, 0.25) is 0 Å². The molecule has 2 fully saturated rings. The number of hydrogen-bond acceptors (Lipinski definition) is 5. The van der Waals surface area contributed by atoms with E-state index < -0.39 is 11.8 Å². The molecule has 4 heterocycles. The van der Waals surface area contributed by atoms with Crippen LogP contribution in [0.15, 0.2) is 36.4 Å². The number of aromatic nitrogens is 2. The average Bonchev–Trinajstić information content (AvgIpc) is 3.57. The molecule has 2 aromatic heterocycles. The Morgan fingerprint density at radius 3 is 2.09 bits per heavy atom. The summed E-state index contributed by atoms with van der Waals surface area (Å²) in [6, 6.07) is 11.8. The van der Waals surface area contributed by atoms with Gasteiger partial charge in [0.1, 0.15) is 4.83 Å². The maximum absolute atomic E-state index is 13.2. The van der Waals surface area contributed by atoms with E-state index in [0.717, 1.165) is 34.4 Å². The Bertz CT molecular complexity index is 1170. The number of carbonyl (C=O) groups is 3. The number of hydrogen-bond donors (Lipinski definition) is 0. The van der Waals surface area contributed by atoms with Crippen LogP contribution in [0.4, 0.5) is 0 Å². The molecule has 2 aliphatic heterocycles. The number of rotatable bonds is 2. The Labute approximate surface area is 190 Å². The molecule has 0 radical (unpaired) electrons. The van der Waals surface area contributed by atoms with Crippen molar-refractivity contribution in [3.63, 3.8) is 0 Å². The van der Waals surface area contributed by atoms with Gasteiger partial charge < -0.3 is 14.7 Å². The number of fused-ring (bicyclic) bond motifs is 1. The fourth-order valence-electron chi connectivity index (χ4n) is 4.36. The summed E-state index contributed by atoms with van der Waals surface area (Å²) in [4.78, 5) is 44.7. The molecular formula is C23H25N5O3S. The van der Waals surface area contributed by atoms with Gasteiger partial charge in [-0.25, -0.2) is 4.68 Å². The van der Waals surface area contributed by atoms with Crippen LogP contribution in [0, 0.1) is 6.92 Å². The minimum Gasteiger partial charge on any atom is -0.334 e. The van der Waals surface area contributed by atoms with Crippen molar-refractivity contribution in [3.05, 3.63) is 47.0 Å². The molecule has 32 heavy (non-hydrogen) atoms. The van der Waals surface area contributed by atoms with E-state index >= 15 is 0 Å². The fourth-order valence-corrected chi connectivity index (χ4v) is 5.51. The molecule has 0 N–H and O–H groups in total. The third-order valence-corrected chi connectivity index (χ3v) is 7.29. The molecule has 3 aromatic rings. The first kappa shape index (κ1) is 20.7. The van der Waals surface area contributed by atoms with Crippen LogP contribution in [0.25, 0.3) is 15.9 Å². The molecule has 1 aromatic carbocycles. The fraction of sp³-hybridized carbons (Fsp3) is 0.391. The zero-order chi connectivity index (χ0) is 22.2. The summed E-state index contributed by atoms with van der Waals surface area (Å²) >= 11 is 1.44. The van der Waals surface area contributed by atoms with Crippen LogP contribution >= 0.6 is 11.3 Å². The molecule has 0 bridgehead atoms. The summed E-state index contributed by atoms with van der Waals surface area (Å²) in [5.74, 6) is -0.893. The van der Waals surface area contributed by atoms with E-state index in [2.05, 4.69) is 5.10 Å². The maximum atomic E-state index is 13.2. The first-order chi connectivity index (χ1) is 15.5. The average molecular weight is 452 g/mol. The Kier molecular flexibility index (Phi) is 5.42. The van der Waals surface area contributed by atoms with Gasteiger partial charge in [-0.05, 0) is 38.0 Å². The number of aryl methyl sites for hydroxylation is 1. The molecule has 166 valence electrons. The van der Waals surface area contributed by atoms with Crippen LogP contribution in [-0.4, -0.2) is 81.5 Å². The maximum Gasteiger partial charge on any atom is 0.312 e. The smallest absolute Gasteiger partial charge is 0.312 e. The van der Waals surface area contributed by atoms with Crippen LogP contribution in [0.2, 0.25) is 0 Å². The van der Waals surface area contributed by atoms with Crippen LogP contribution in [0.1, 0.15) is 28.2 Å². The van der Waals surface area contributed by atoms with Crippen LogP contribution in [0.3, 0.4) is 0 Å². The predicted octanol–water partition coefficient (Wildman–Crippen LogP) is 2.30. The molecule has 0 unspecified atom stereocenters. The van der Waals surface area contributed by atoms with Gasteiger partial charge in [-0.3, -0.25) is 14.4 Å². The zero-order valence-electron chi connectivity index (χ0n) is 18.0. The molecular weight excluding hydrogens is 426 g/mol. The van der Waals surface area contributed by atoms with E-state index in [4.69, 9.17) is 0 Å². The number of likely N-dealkylation sites (tertiary alicyclic amines) is 1. The lowest BCUT2D eigenvalue weighted by atomic mass is 10.2. The first-order valence-corrected chi connectivity index (χ1v) is 11.8. The minimum atomic E-state index is -0.445. The van der Waals surface area contributed by atoms with Crippen molar-refractivity contribution < 1.29 is 14.4 Å². The highest BCUT2D eigenvalue weighted by atomic mass is 32.1. The quantitative estimate of drug-likeness (QED) is 0.560. The first-order valence-electron chi connectivity index (χ1n) is 10.9. The summed E-state index contributed by atoms with van der Waals surface area (Å²) in [6.45, 7) is 4.89. The van der Waals surface area contributed by atoms with Crippen LogP contribution in [-0.2, 0) is 9.59 Å². The third kappa shape index (κ3) is 3.66. The van der Waals surface area contributed by atoms with Crippen molar-refractivity contribution in [2.24, 2.45) is 0 Å². The molecule has 2 saturated heterocycles. The highest BCUT2D eigenvalue weighted by Crippen LogP contribution is 2.31.